The highest BCUT2D eigenvalue weighted by Crippen LogP contribution is 2.16. The van der Waals surface area contributed by atoms with Gasteiger partial charge in [0.15, 0.2) is 0 Å². The SMILES string of the molecule is CC/C=C\C/C=C\C/C=C\C/C=C\C/C=C\C/C=C\C/C=C\C/C=C\C/C=C\C/C=C\CCCCCCCCCCC(=O)NC(CO)C(O)/C=C/CCCCCCCCCCCCCCCCCCCCCC. The molecule has 0 aromatic rings. The minimum Gasteiger partial charge on any atom is -0.394 e. The summed E-state index contributed by atoms with van der Waals surface area (Å²) in [5.74, 6) is -0.0756. The summed E-state index contributed by atoms with van der Waals surface area (Å²) in [7, 11) is 0. The number of hydrogen-bond donors (Lipinski definition) is 3. The Kier molecular flexibility index (Phi) is 59.8. The van der Waals surface area contributed by atoms with Crippen molar-refractivity contribution in [2.24, 2.45) is 0 Å². The number of carbonyl (C=O) groups is 1. The summed E-state index contributed by atoms with van der Waals surface area (Å²) < 4.78 is 0. The molecular weight excluding hydrogens is 891 g/mol. The molecule has 0 spiro atoms. The van der Waals surface area contributed by atoms with Crippen LogP contribution < -0.4 is 5.32 Å². The van der Waals surface area contributed by atoms with Crippen LogP contribution in [0.3, 0.4) is 0 Å². The fourth-order valence-electron chi connectivity index (χ4n) is 8.74. The maximum Gasteiger partial charge on any atom is 0.220 e. The van der Waals surface area contributed by atoms with Crippen LogP contribution in [-0.2, 0) is 4.79 Å². The Morgan fingerprint density at radius 2 is 0.603 bits per heavy atom. The Labute approximate surface area is 453 Å². The molecule has 0 radical (unpaired) electrons. The monoisotopic (exact) mass is 1010 g/mol. The fourth-order valence-corrected chi connectivity index (χ4v) is 8.74. The van der Waals surface area contributed by atoms with E-state index in [1.54, 1.807) is 6.08 Å². The third kappa shape index (κ3) is 59.3. The van der Waals surface area contributed by atoms with Gasteiger partial charge in [-0.15, -0.1) is 0 Å². The molecule has 0 rings (SSSR count). The van der Waals surface area contributed by atoms with Gasteiger partial charge in [0.05, 0.1) is 18.8 Å². The van der Waals surface area contributed by atoms with Crippen LogP contribution in [0.25, 0.3) is 0 Å². The number of nitrogens with one attached hydrogen (secondary N) is 1. The van der Waals surface area contributed by atoms with Crippen LogP contribution in [0.1, 0.15) is 277 Å². The van der Waals surface area contributed by atoms with Crippen molar-refractivity contribution in [2.75, 3.05) is 6.61 Å². The van der Waals surface area contributed by atoms with E-state index >= 15 is 0 Å². The highest BCUT2D eigenvalue weighted by Gasteiger charge is 2.18. The molecule has 0 bridgehead atoms. The summed E-state index contributed by atoms with van der Waals surface area (Å²) in [5, 5.41) is 23.2. The molecular formula is C69H117NO3. The molecule has 4 heteroatoms. The number of hydrogen-bond acceptors (Lipinski definition) is 3. The normalized spacial score (nSPS) is 13.8. The van der Waals surface area contributed by atoms with E-state index in [0.29, 0.717) is 6.42 Å². The molecule has 0 aliphatic rings. The van der Waals surface area contributed by atoms with Gasteiger partial charge >= 0.3 is 0 Å². The van der Waals surface area contributed by atoms with Crippen molar-refractivity contribution in [2.45, 2.75) is 289 Å². The van der Waals surface area contributed by atoms with E-state index < -0.39 is 12.1 Å². The van der Waals surface area contributed by atoms with Crippen molar-refractivity contribution in [3.8, 4) is 0 Å². The molecule has 2 unspecified atom stereocenters. The lowest BCUT2D eigenvalue weighted by atomic mass is 10.0. The van der Waals surface area contributed by atoms with Crippen LogP contribution >= 0.6 is 0 Å². The smallest absolute Gasteiger partial charge is 0.220 e. The predicted octanol–water partition coefficient (Wildman–Crippen LogP) is 21.0. The first-order valence-corrected chi connectivity index (χ1v) is 30.9. The third-order valence-corrected chi connectivity index (χ3v) is 13.4. The van der Waals surface area contributed by atoms with Crippen LogP contribution in [0.4, 0.5) is 0 Å². The van der Waals surface area contributed by atoms with Gasteiger partial charge in [-0.2, -0.15) is 0 Å². The quantitative estimate of drug-likeness (QED) is 0.0420. The lowest BCUT2D eigenvalue weighted by Crippen LogP contribution is -2.45. The lowest BCUT2D eigenvalue weighted by Gasteiger charge is -2.20. The molecule has 416 valence electrons. The molecule has 4 nitrogen and oxygen atoms in total. The summed E-state index contributed by atoms with van der Waals surface area (Å²) in [4.78, 5) is 12.5. The Bertz CT molecular complexity index is 1470. The zero-order valence-corrected chi connectivity index (χ0v) is 47.9. The van der Waals surface area contributed by atoms with Crippen molar-refractivity contribution < 1.29 is 15.0 Å². The van der Waals surface area contributed by atoms with Crippen LogP contribution in [0.2, 0.25) is 0 Å². The molecule has 0 saturated carbocycles. The van der Waals surface area contributed by atoms with E-state index in [2.05, 4.69) is 141 Å². The molecule has 1 amide bonds. The molecule has 0 aromatic heterocycles. The lowest BCUT2D eigenvalue weighted by molar-refractivity contribution is -0.123. The van der Waals surface area contributed by atoms with Gasteiger partial charge in [-0.25, -0.2) is 0 Å². The molecule has 0 aliphatic carbocycles. The Hall–Kier alpha value is -3.47. The van der Waals surface area contributed by atoms with Gasteiger partial charge in [0.1, 0.15) is 0 Å². The predicted molar refractivity (Wildman–Crippen MR) is 326 cm³/mol. The summed E-state index contributed by atoms with van der Waals surface area (Å²) in [6.45, 7) is 4.20. The zero-order chi connectivity index (χ0) is 52.7. The van der Waals surface area contributed by atoms with Gasteiger partial charge in [-0.3, -0.25) is 4.79 Å². The highest BCUT2D eigenvalue weighted by atomic mass is 16.3. The molecule has 0 fully saturated rings. The molecule has 3 N–H and O–H groups in total. The number of rotatable bonds is 55. The number of aliphatic hydroxyl groups is 2. The van der Waals surface area contributed by atoms with Crippen LogP contribution in [-0.4, -0.2) is 34.9 Å². The maximum absolute atomic E-state index is 12.5. The van der Waals surface area contributed by atoms with E-state index in [1.807, 2.05) is 6.08 Å². The van der Waals surface area contributed by atoms with Crippen LogP contribution in [0, 0.1) is 0 Å². The highest BCUT2D eigenvalue weighted by molar-refractivity contribution is 5.76. The molecule has 0 aliphatic heterocycles. The number of unbranched alkanes of at least 4 members (excludes halogenated alkanes) is 28. The fraction of sp³-hybridized carbons (Fsp3) is 0.667. The molecule has 2 atom stereocenters. The van der Waals surface area contributed by atoms with Crippen molar-refractivity contribution >= 4 is 5.91 Å². The number of amides is 1. The minimum absolute atomic E-state index is 0.0756. The summed E-state index contributed by atoms with van der Waals surface area (Å²) in [6.07, 6.45) is 97.6. The van der Waals surface area contributed by atoms with Gasteiger partial charge in [-0.05, 0) is 96.3 Å². The zero-order valence-electron chi connectivity index (χ0n) is 47.9. The van der Waals surface area contributed by atoms with Crippen molar-refractivity contribution in [3.63, 3.8) is 0 Å². The van der Waals surface area contributed by atoms with E-state index in [-0.39, 0.29) is 12.5 Å². The molecule has 0 heterocycles. The van der Waals surface area contributed by atoms with Crippen molar-refractivity contribution in [1.82, 2.24) is 5.32 Å². The molecule has 0 saturated heterocycles. The second-order valence-electron chi connectivity index (χ2n) is 20.4. The van der Waals surface area contributed by atoms with Crippen molar-refractivity contribution in [3.05, 3.63) is 134 Å². The third-order valence-electron chi connectivity index (χ3n) is 13.4. The first-order valence-electron chi connectivity index (χ1n) is 30.9. The van der Waals surface area contributed by atoms with E-state index in [0.717, 1.165) is 103 Å². The first kappa shape index (κ1) is 69.5. The van der Waals surface area contributed by atoms with Gasteiger partial charge < -0.3 is 15.5 Å². The average Bonchev–Trinajstić information content (AvgIpc) is 3.40. The number of carbonyl (C=O) groups excluding carboxylic acids is 1. The average molecular weight is 1010 g/mol. The summed E-state index contributed by atoms with van der Waals surface area (Å²) in [6, 6.07) is -0.637. The van der Waals surface area contributed by atoms with E-state index in [1.165, 1.54) is 154 Å². The number of aliphatic hydroxyl groups excluding tert-OH is 2. The molecule has 73 heavy (non-hydrogen) atoms. The van der Waals surface area contributed by atoms with E-state index in [4.69, 9.17) is 0 Å². The largest absolute Gasteiger partial charge is 0.394 e. The summed E-state index contributed by atoms with van der Waals surface area (Å²) >= 11 is 0. The summed E-state index contributed by atoms with van der Waals surface area (Å²) in [5.41, 5.74) is 0. The Balaban J connectivity index is 3.62. The van der Waals surface area contributed by atoms with Crippen LogP contribution in [0.15, 0.2) is 134 Å². The van der Waals surface area contributed by atoms with Gasteiger partial charge in [0.25, 0.3) is 0 Å². The topological polar surface area (TPSA) is 69.6 Å². The standard InChI is InChI=1S/C69H117NO3/c1-3-5-7-9-11-13-15-17-19-21-23-25-27-28-29-30-31-32-33-34-35-36-37-38-39-40-41-42-43-45-47-49-51-53-55-57-59-61-63-65-69(73)70-67(66-71)68(72)64-62-60-58-56-54-52-50-48-46-44-26-24-22-20-18-16-14-12-10-8-6-4-2/h5,7,11,13,17,19,23,25,28-29,31-32,34-35,37-38,40-41,43,45,62,64,67-68,71-72H,3-4,6,8-10,12,14-16,18,20-22,24,26-27,30,33,36,39,42,44,46-61,63,65-66H2,1-2H3,(H,70,73)/b7-5-,13-11-,19-17-,25-23-,29-28-,32-31-,35-34-,38-37-,41-40-,45-43-,64-62+. The van der Waals surface area contributed by atoms with E-state index in [9.17, 15) is 15.0 Å². The number of allylic oxidation sites excluding steroid dienone is 21. The van der Waals surface area contributed by atoms with Crippen molar-refractivity contribution in [1.29, 1.82) is 0 Å². The maximum atomic E-state index is 12.5. The second kappa shape index (κ2) is 62.8. The first-order chi connectivity index (χ1) is 36.2. The Morgan fingerprint density at radius 1 is 0.342 bits per heavy atom. The Morgan fingerprint density at radius 3 is 0.904 bits per heavy atom. The van der Waals surface area contributed by atoms with Gasteiger partial charge in [0.2, 0.25) is 5.91 Å². The minimum atomic E-state index is -0.853. The van der Waals surface area contributed by atoms with Crippen LogP contribution in [0.5, 0.6) is 0 Å². The van der Waals surface area contributed by atoms with Gasteiger partial charge in [0, 0.05) is 6.42 Å². The van der Waals surface area contributed by atoms with Gasteiger partial charge in [-0.1, -0.05) is 308 Å². The molecule has 0 aromatic carbocycles. The second-order valence-corrected chi connectivity index (χ2v) is 20.4.